The Morgan fingerprint density at radius 2 is 2.00 bits per heavy atom. The van der Waals surface area contributed by atoms with E-state index < -0.39 is 0 Å². The number of hydrogen-bond donors (Lipinski definition) is 2. The van der Waals surface area contributed by atoms with Crippen LogP contribution < -0.4 is 10.6 Å². The highest BCUT2D eigenvalue weighted by Crippen LogP contribution is 2.36. The second-order valence-corrected chi connectivity index (χ2v) is 5.87. The summed E-state index contributed by atoms with van der Waals surface area (Å²) in [6.07, 6.45) is 4.09. The highest BCUT2D eigenvalue weighted by molar-refractivity contribution is 5.78. The molecule has 1 aliphatic heterocycles. The maximum atomic E-state index is 11.2. The van der Waals surface area contributed by atoms with Crippen molar-refractivity contribution in [1.82, 2.24) is 10.6 Å². The SMILES string of the molecule is CC1CCC(NCC2CCC(=O)N2)c2ccccc21. The first-order valence-corrected chi connectivity index (χ1v) is 7.35. The van der Waals surface area contributed by atoms with Crippen LogP contribution in [0.1, 0.15) is 55.7 Å². The summed E-state index contributed by atoms with van der Waals surface area (Å²) in [5, 5.41) is 6.67. The minimum atomic E-state index is 0.199. The van der Waals surface area contributed by atoms with E-state index in [-0.39, 0.29) is 5.91 Å². The predicted molar refractivity (Wildman–Crippen MR) is 76.0 cm³/mol. The fourth-order valence-electron chi connectivity index (χ4n) is 3.33. The highest BCUT2D eigenvalue weighted by Gasteiger charge is 2.26. The molecule has 1 fully saturated rings. The quantitative estimate of drug-likeness (QED) is 0.874. The molecule has 0 aromatic heterocycles. The van der Waals surface area contributed by atoms with Gasteiger partial charge in [-0.2, -0.15) is 0 Å². The smallest absolute Gasteiger partial charge is 0.220 e. The lowest BCUT2D eigenvalue weighted by Gasteiger charge is -2.31. The van der Waals surface area contributed by atoms with Gasteiger partial charge >= 0.3 is 0 Å². The Bertz CT molecular complexity index is 472. The van der Waals surface area contributed by atoms with Gasteiger partial charge in [0.2, 0.25) is 5.91 Å². The summed E-state index contributed by atoms with van der Waals surface area (Å²) in [5.74, 6) is 0.866. The first-order chi connectivity index (χ1) is 9.24. The van der Waals surface area contributed by atoms with E-state index in [9.17, 15) is 4.79 Å². The average molecular weight is 258 g/mol. The summed E-state index contributed by atoms with van der Waals surface area (Å²) in [6.45, 7) is 3.20. The van der Waals surface area contributed by atoms with Crippen LogP contribution in [0.5, 0.6) is 0 Å². The summed E-state index contributed by atoms with van der Waals surface area (Å²) in [6, 6.07) is 9.53. The molecule has 3 unspecified atom stereocenters. The summed E-state index contributed by atoms with van der Waals surface area (Å²) in [4.78, 5) is 11.2. The van der Waals surface area contributed by atoms with Gasteiger partial charge in [0.05, 0.1) is 0 Å². The third kappa shape index (κ3) is 2.66. The van der Waals surface area contributed by atoms with Crippen molar-refractivity contribution in [3.05, 3.63) is 35.4 Å². The van der Waals surface area contributed by atoms with Crippen molar-refractivity contribution < 1.29 is 4.79 Å². The Morgan fingerprint density at radius 1 is 1.21 bits per heavy atom. The molecule has 19 heavy (non-hydrogen) atoms. The molecule has 1 saturated heterocycles. The Hall–Kier alpha value is -1.35. The van der Waals surface area contributed by atoms with Crippen molar-refractivity contribution >= 4 is 5.91 Å². The molecule has 0 radical (unpaired) electrons. The lowest BCUT2D eigenvalue weighted by atomic mass is 9.81. The van der Waals surface area contributed by atoms with E-state index in [2.05, 4.69) is 41.8 Å². The number of rotatable bonds is 3. The molecule has 1 aliphatic carbocycles. The van der Waals surface area contributed by atoms with Gasteiger partial charge in [0.1, 0.15) is 0 Å². The standard InChI is InChI=1S/C16H22N2O/c1-11-6-8-15(14-5-3-2-4-13(11)14)17-10-12-7-9-16(19)18-12/h2-5,11-12,15,17H,6-10H2,1H3,(H,18,19). The third-order valence-electron chi connectivity index (χ3n) is 4.49. The maximum absolute atomic E-state index is 11.2. The summed E-state index contributed by atoms with van der Waals surface area (Å²) >= 11 is 0. The van der Waals surface area contributed by atoms with Crippen LogP contribution in [0.15, 0.2) is 24.3 Å². The fourth-order valence-corrected chi connectivity index (χ4v) is 3.33. The average Bonchev–Trinajstić information content (AvgIpc) is 2.84. The van der Waals surface area contributed by atoms with Gasteiger partial charge in [-0.15, -0.1) is 0 Å². The zero-order valence-electron chi connectivity index (χ0n) is 11.5. The van der Waals surface area contributed by atoms with E-state index in [0.717, 1.165) is 13.0 Å². The highest BCUT2D eigenvalue weighted by atomic mass is 16.1. The fraction of sp³-hybridized carbons (Fsp3) is 0.562. The molecule has 102 valence electrons. The zero-order valence-corrected chi connectivity index (χ0v) is 11.5. The van der Waals surface area contributed by atoms with Crippen LogP contribution in [0.2, 0.25) is 0 Å². The van der Waals surface area contributed by atoms with Crippen molar-refractivity contribution in [1.29, 1.82) is 0 Å². The molecule has 0 saturated carbocycles. The van der Waals surface area contributed by atoms with Gasteiger partial charge in [-0.1, -0.05) is 31.2 Å². The number of hydrogen-bond acceptors (Lipinski definition) is 2. The second-order valence-electron chi connectivity index (χ2n) is 5.87. The normalized spacial score (nSPS) is 29.9. The molecule has 0 bridgehead atoms. The minimum Gasteiger partial charge on any atom is -0.352 e. The van der Waals surface area contributed by atoms with Gasteiger partial charge in [0.25, 0.3) is 0 Å². The monoisotopic (exact) mass is 258 g/mol. The number of amides is 1. The first kappa shape index (κ1) is 12.7. The number of carbonyl (C=O) groups excluding carboxylic acids is 1. The molecule has 1 aromatic rings. The van der Waals surface area contributed by atoms with Gasteiger partial charge in [-0.3, -0.25) is 4.79 Å². The Morgan fingerprint density at radius 3 is 2.74 bits per heavy atom. The molecule has 3 nitrogen and oxygen atoms in total. The van der Waals surface area contributed by atoms with Crippen molar-refractivity contribution in [3.63, 3.8) is 0 Å². The number of fused-ring (bicyclic) bond motifs is 1. The Labute approximate surface area is 114 Å². The van der Waals surface area contributed by atoms with Gasteiger partial charge in [-0.25, -0.2) is 0 Å². The van der Waals surface area contributed by atoms with Crippen LogP contribution >= 0.6 is 0 Å². The topological polar surface area (TPSA) is 41.1 Å². The molecule has 3 rings (SSSR count). The van der Waals surface area contributed by atoms with Crippen LogP contribution in [0.4, 0.5) is 0 Å². The number of carbonyl (C=O) groups is 1. The van der Waals surface area contributed by atoms with Crippen molar-refractivity contribution in [2.45, 2.75) is 50.6 Å². The molecular formula is C16H22N2O. The Kier molecular flexibility index (Phi) is 3.56. The summed E-state index contributed by atoms with van der Waals surface area (Å²) in [7, 11) is 0. The molecule has 3 heteroatoms. The van der Waals surface area contributed by atoms with E-state index in [4.69, 9.17) is 0 Å². The van der Waals surface area contributed by atoms with Gasteiger partial charge < -0.3 is 10.6 Å². The van der Waals surface area contributed by atoms with Crippen molar-refractivity contribution in [2.75, 3.05) is 6.54 Å². The molecular weight excluding hydrogens is 236 g/mol. The Balaban J connectivity index is 1.66. The van der Waals surface area contributed by atoms with Crippen LogP contribution in [0.25, 0.3) is 0 Å². The minimum absolute atomic E-state index is 0.199. The lowest BCUT2D eigenvalue weighted by Crippen LogP contribution is -2.38. The van der Waals surface area contributed by atoms with E-state index in [1.165, 1.54) is 24.0 Å². The largest absolute Gasteiger partial charge is 0.352 e. The second kappa shape index (κ2) is 5.33. The number of nitrogens with one attached hydrogen (secondary N) is 2. The van der Waals surface area contributed by atoms with Crippen molar-refractivity contribution in [3.8, 4) is 0 Å². The molecule has 1 amide bonds. The van der Waals surface area contributed by atoms with E-state index in [1.54, 1.807) is 0 Å². The van der Waals surface area contributed by atoms with Crippen LogP contribution in [-0.4, -0.2) is 18.5 Å². The molecule has 1 heterocycles. The molecule has 3 atom stereocenters. The predicted octanol–water partition coefficient (Wildman–Crippen LogP) is 2.49. The number of benzene rings is 1. The first-order valence-electron chi connectivity index (χ1n) is 7.35. The van der Waals surface area contributed by atoms with Crippen LogP contribution in [-0.2, 0) is 4.79 Å². The summed E-state index contributed by atoms with van der Waals surface area (Å²) < 4.78 is 0. The molecule has 0 spiro atoms. The molecule has 2 aliphatic rings. The summed E-state index contributed by atoms with van der Waals surface area (Å²) in [5.41, 5.74) is 2.94. The van der Waals surface area contributed by atoms with E-state index >= 15 is 0 Å². The molecule has 2 N–H and O–H groups in total. The van der Waals surface area contributed by atoms with E-state index in [0.29, 0.717) is 24.4 Å². The molecule has 1 aromatic carbocycles. The van der Waals surface area contributed by atoms with Crippen molar-refractivity contribution in [2.24, 2.45) is 0 Å². The van der Waals surface area contributed by atoms with Crippen LogP contribution in [0, 0.1) is 0 Å². The van der Waals surface area contributed by atoms with Gasteiger partial charge in [-0.05, 0) is 36.3 Å². The third-order valence-corrected chi connectivity index (χ3v) is 4.49. The van der Waals surface area contributed by atoms with Crippen LogP contribution in [0.3, 0.4) is 0 Å². The lowest BCUT2D eigenvalue weighted by molar-refractivity contribution is -0.119. The van der Waals surface area contributed by atoms with E-state index in [1.807, 2.05) is 0 Å². The maximum Gasteiger partial charge on any atom is 0.220 e. The van der Waals surface area contributed by atoms with Gasteiger partial charge in [0, 0.05) is 25.0 Å². The van der Waals surface area contributed by atoms with Gasteiger partial charge in [0.15, 0.2) is 0 Å². The zero-order chi connectivity index (χ0) is 13.2.